The molecule has 3 fully saturated rings. The van der Waals surface area contributed by atoms with Gasteiger partial charge in [0.1, 0.15) is 0 Å². The Morgan fingerprint density at radius 1 is 0.944 bits per heavy atom. The van der Waals surface area contributed by atoms with Gasteiger partial charge in [0.25, 0.3) is 0 Å². The van der Waals surface area contributed by atoms with Gasteiger partial charge in [-0.1, -0.05) is 66.7 Å². The van der Waals surface area contributed by atoms with Crippen LogP contribution in [0.1, 0.15) is 47.9 Å². The standard InChI is InChI=1S/C32H31NO3/c34-26-14-13-21-17-25-24-18-32(22-7-3-1-4-8-22,23-9-5-2-6-10-23)29(35)30-31(24,27(21)28(26)36-30)15-16-33(25)19-20-11-12-20/h1-10,13-14,20,24-25,30,34H,11-12,15-19H2/t24-,25+,30-,31-/m0/s1. The van der Waals surface area contributed by atoms with Gasteiger partial charge in [-0.3, -0.25) is 9.69 Å². The van der Waals surface area contributed by atoms with Crippen LogP contribution in [-0.4, -0.2) is 41.0 Å². The monoisotopic (exact) mass is 477 g/mol. The molecule has 0 amide bonds. The Kier molecular flexibility index (Phi) is 4.22. The highest BCUT2D eigenvalue weighted by atomic mass is 16.5. The first kappa shape index (κ1) is 21.0. The van der Waals surface area contributed by atoms with E-state index in [4.69, 9.17) is 4.74 Å². The van der Waals surface area contributed by atoms with Crippen LogP contribution in [0.15, 0.2) is 72.8 Å². The molecule has 5 aliphatic rings. The highest BCUT2D eigenvalue weighted by Gasteiger charge is 2.71. The first-order valence-electron chi connectivity index (χ1n) is 13.5. The molecule has 3 aromatic rings. The van der Waals surface area contributed by atoms with E-state index in [1.807, 2.05) is 36.4 Å². The largest absolute Gasteiger partial charge is 0.504 e. The molecule has 0 radical (unpaired) electrons. The molecule has 3 aliphatic carbocycles. The number of hydrogen-bond donors (Lipinski definition) is 1. The summed E-state index contributed by atoms with van der Waals surface area (Å²) >= 11 is 0. The summed E-state index contributed by atoms with van der Waals surface area (Å²) in [5.74, 6) is 2.00. The number of phenols is 1. The number of ether oxygens (including phenoxy) is 1. The third-order valence-corrected chi connectivity index (χ3v) is 10.1. The Bertz CT molecular complexity index is 1330. The van der Waals surface area contributed by atoms with Crippen molar-refractivity contribution in [3.05, 3.63) is 95.1 Å². The van der Waals surface area contributed by atoms with Crippen molar-refractivity contribution in [3.63, 3.8) is 0 Å². The Hall–Kier alpha value is -3.11. The molecule has 8 rings (SSSR count). The van der Waals surface area contributed by atoms with Gasteiger partial charge in [0.15, 0.2) is 23.4 Å². The summed E-state index contributed by atoms with van der Waals surface area (Å²) in [7, 11) is 0. The van der Waals surface area contributed by atoms with E-state index in [9.17, 15) is 9.90 Å². The van der Waals surface area contributed by atoms with E-state index >= 15 is 0 Å². The summed E-state index contributed by atoms with van der Waals surface area (Å²) in [4.78, 5) is 17.7. The summed E-state index contributed by atoms with van der Waals surface area (Å²) in [6.07, 6.45) is 4.77. The number of piperidine rings is 1. The number of carbonyl (C=O) groups is 1. The Balaban J connectivity index is 1.37. The van der Waals surface area contributed by atoms with Crippen LogP contribution in [0.4, 0.5) is 0 Å². The van der Waals surface area contributed by atoms with Crippen molar-refractivity contribution < 1.29 is 14.6 Å². The van der Waals surface area contributed by atoms with Crippen molar-refractivity contribution >= 4 is 5.78 Å². The van der Waals surface area contributed by atoms with E-state index in [0.717, 1.165) is 48.4 Å². The lowest BCUT2D eigenvalue weighted by Crippen LogP contribution is -2.70. The lowest BCUT2D eigenvalue weighted by Gasteiger charge is -2.61. The van der Waals surface area contributed by atoms with Crippen LogP contribution in [0.2, 0.25) is 0 Å². The van der Waals surface area contributed by atoms with Crippen LogP contribution in [-0.2, 0) is 22.0 Å². The molecule has 2 heterocycles. The fourth-order valence-corrected chi connectivity index (χ4v) is 8.43. The van der Waals surface area contributed by atoms with Crippen molar-refractivity contribution in [2.75, 3.05) is 13.1 Å². The third-order valence-electron chi connectivity index (χ3n) is 10.1. The molecular formula is C32H31NO3. The number of Topliss-reactive ketones (excluding diaryl/α,β-unsaturated/α-hetero) is 1. The van der Waals surface area contributed by atoms with E-state index in [1.165, 1.54) is 24.9 Å². The fraction of sp³-hybridized carbons (Fsp3) is 0.406. The van der Waals surface area contributed by atoms with Gasteiger partial charge in [0.05, 0.1) is 5.41 Å². The second kappa shape index (κ2) is 7.23. The lowest BCUT2D eigenvalue weighted by atomic mass is 9.45. The maximum atomic E-state index is 14.9. The number of hydrogen-bond acceptors (Lipinski definition) is 4. The average molecular weight is 478 g/mol. The number of benzene rings is 3. The van der Waals surface area contributed by atoms with Gasteiger partial charge in [0.2, 0.25) is 0 Å². The molecule has 4 atom stereocenters. The molecule has 2 bridgehead atoms. The summed E-state index contributed by atoms with van der Waals surface area (Å²) in [6.45, 7) is 2.17. The predicted octanol–water partition coefficient (Wildman–Crippen LogP) is 5.01. The Morgan fingerprint density at radius 3 is 2.31 bits per heavy atom. The lowest BCUT2D eigenvalue weighted by molar-refractivity contribution is -0.146. The highest BCUT2D eigenvalue weighted by Crippen LogP contribution is 2.66. The summed E-state index contributed by atoms with van der Waals surface area (Å²) in [5, 5.41) is 10.9. The van der Waals surface area contributed by atoms with Gasteiger partial charge in [-0.05, 0) is 73.2 Å². The smallest absolute Gasteiger partial charge is 0.189 e. The van der Waals surface area contributed by atoms with Crippen LogP contribution in [0, 0.1) is 11.8 Å². The molecular weight excluding hydrogens is 446 g/mol. The summed E-state index contributed by atoms with van der Waals surface area (Å²) < 4.78 is 6.63. The Labute approximate surface area is 211 Å². The maximum absolute atomic E-state index is 14.9. The van der Waals surface area contributed by atoms with Crippen LogP contribution in [0.25, 0.3) is 0 Å². The molecule has 1 saturated heterocycles. The van der Waals surface area contributed by atoms with E-state index in [-0.39, 0.29) is 22.9 Å². The summed E-state index contributed by atoms with van der Waals surface area (Å²) in [6, 6.07) is 25.0. The minimum Gasteiger partial charge on any atom is -0.504 e. The van der Waals surface area contributed by atoms with Gasteiger partial charge in [-0.15, -0.1) is 0 Å². The maximum Gasteiger partial charge on any atom is 0.189 e. The van der Waals surface area contributed by atoms with Crippen molar-refractivity contribution in [2.24, 2.45) is 11.8 Å². The third kappa shape index (κ3) is 2.56. The van der Waals surface area contributed by atoms with E-state index in [1.54, 1.807) is 6.07 Å². The molecule has 2 saturated carbocycles. The van der Waals surface area contributed by atoms with Crippen LogP contribution < -0.4 is 4.74 Å². The molecule has 36 heavy (non-hydrogen) atoms. The molecule has 0 aromatic heterocycles. The fourth-order valence-electron chi connectivity index (χ4n) is 8.43. The quantitative estimate of drug-likeness (QED) is 0.574. The number of ketones is 1. The Morgan fingerprint density at radius 2 is 1.64 bits per heavy atom. The zero-order valence-electron chi connectivity index (χ0n) is 20.4. The van der Waals surface area contributed by atoms with Crippen molar-refractivity contribution in [1.82, 2.24) is 4.90 Å². The zero-order chi connectivity index (χ0) is 24.1. The molecule has 0 unspecified atom stereocenters. The SMILES string of the molecule is O=C1[C@@H]2Oc3c(O)ccc4c3[C@@]23CCN(CC2CC2)[C@H](C4)[C@@H]3CC1(c1ccccc1)c1ccccc1. The average Bonchev–Trinajstić information content (AvgIpc) is 3.66. The molecule has 4 nitrogen and oxygen atoms in total. The molecule has 182 valence electrons. The van der Waals surface area contributed by atoms with Gasteiger partial charge < -0.3 is 9.84 Å². The zero-order valence-corrected chi connectivity index (χ0v) is 20.4. The first-order valence-corrected chi connectivity index (χ1v) is 13.5. The van der Waals surface area contributed by atoms with Crippen LogP contribution >= 0.6 is 0 Å². The minimum absolute atomic E-state index is 0.147. The van der Waals surface area contributed by atoms with Crippen molar-refractivity contribution in [1.29, 1.82) is 0 Å². The summed E-state index contributed by atoms with van der Waals surface area (Å²) in [5.41, 5.74) is 3.40. The minimum atomic E-state index is -0.767. The van der Waals surface area contributed by atoms with Crippen LogP contribution in [0.3, 0.4) is 0 Å². The number of nitrogens with zero attached hydrogens (tertiary/aromatic N) is 1. The van der Waals surface area contributed by atoms with Gasteiger partial charge in [-0.25, -0.2) is 0 Å². The molecule has 2 aliphatic heterocycles. The highest BCUT2D eigenvalue weighted by molar-refractivity contribution is 6.01. The molecule has 3 aromatic carbocycles. The topological polar surface area (TPSA) is 49.8 Å². The van der Waals surface area contributed by atoms with Crippen molar-refractivity contribution in [2.45, 2.75) is 55.1 Å². The number of carbonyl (C=O) groups excluding carboxylic acids is 1. The first-order chi connectivity index (χ1) is 17.6. The molecule has 4 heteroatoms. The van der Waals surface area contributed by atoms with Gasteiger partial charge in [0, 0.05) is 23.6 Å². The number of aromatic hydroxyl groups is 1. The normalized spacial score (nSPS) is 31.6. The van der Waals surface area contributed by atoms with E-state index in [0.29, 0.717) is 11.8 Å². The predicted molar refractivity (Wildman–Crippen MR) is 137 cm³/mol. The second-order valence-corrected chi connectivity index (χ2v) is 11.8. The van der Waals surface area contributed by atoms with Crippen molar-refractivity contribution in [3.8, 4) is 11.5 Å². The van der Waals surface area contributed by atoms with E-state index in [2.05, 4.69) is 35.2 Å². The number of phenolic OH excluding ortho intramolecular Hbond substituents is 1. The second-order valence-electron chi connectivity index (χ2n) is 11.8. The molecule has 1 N–H and O–H groups in total. The van der Waals surface area contributed by atoms with Gasteiger partial charge >= 0.3 is 0 Å². The molecule has 1 spiro atoms. The number of rotatable bonds is 4. The van der Waals surface area contributed by atoms with Crippen LogP contribution in [0.5, 0.6) is 11.5 Å². The number of likely N-dealkylation sites (tertiary alicyclic amines) is 1. The van der Waals surface area contributed by atoms with Gasteiger partial charge in [-0.2, -0.15) is 0 Å². The van der Waals surface area contributed by atoms with E-state index < -0.39 is 11.5 Å².